The van der Waals surface area contributed by atoms with Gasteiger partial charge in [-0.05, 0) is 31.2 Å². The Balaban J connectivity index is 2.17. The third-order valence-electron chi connectivity index (χ3n) is 3.73. The van der Waals surface area contributed by atoms with Crippen LogP contribution in [0.15, 0.2) is 0 Å². The van der Waals surface area contributed by atoms with Crippen LogP contribution in [0.5, 0.6) is 0 Å². The highest BCUT2D eigenvalue weighted by molar-refractivity contribution is 5.76. The van der Waals surface area contributed by atoms with Gasteiger partial charge in [0.2, 0.25) is 5.91 Å². The van der Waals surface area contributed by atoms with Crippen molar-refractivity contribution in [2.24, 2.45) is 5.41 Å². The second-order valence-corrected chi connectivity index (χ2v) is 6.21. The zero-order valence-electron chi connectivity index (χ0n) is 11.8. The fourth-order valence-electron chi connectivity index (χ4n) is 2.50. The highest BCUT2D eigenvalue weighted by Gasteiger charge is 2.35. The van der Waals surface area contributed by atoms with Crippen LogP contribution in [0.3, 0.4) is 0 Å². The molecule has 100 valence electrons. The molecule has 2 N–H and O–H groups in total. The molecule has 1 rings (SSSR count). The summed E-state index contributed by atoms with van der Waals surface area (Å²) in [6.07, 6.45) is 5.19. The minimum Gasteiger partial charge on any atom is -0.353 e. The average molecular weight is 240 g/mol. The van der Waals surface area contributed by atoms with E-state index in [0.29, 0.717) is 18.5 Å². The molecule has 17 heavy (non-hydrogen) atoms. The second-order valence-electron chi connectivity index (χ2n) is 6.21. The van der Waals surface area contributed by atoms with Gasteiger partial charge in [-0.15, -0.1) is 0 Å². The molecule has 0 aromatic carbocycles. The lowest BCUT2D eigenvalue weighted by Crippen LogP contribution is -2.41. The first-order chi connectivity index (χ1) is 7.92. The zero-order valence-corrected chi connectivity index (χ0v) is 11.8. The Labute approximate surface area is 106 Å². The molecule has 1 amide bonds. The summed E-state index contributed by atoms with van der Waals surface area (Å²) in [6, 6.07) is 0.889. The Morgan fingerprint density at radius 2 is 2.12 bits per heavy atom. The quantitative estimate of drug-likeness (QED) is 0.700. The monoisotopic (exact) mass is 240 g/mol. The van der Waals surface area contributed by atoms with Crippen LogP contribution in [0, 0.1) is 5.41 Å². The summed E-state index contributed by atoms with van der Waals surface area (Å²) >= 11 is 0. The van der Waals surface area contributed by atoms with Crippen molar-refractivity contribution in [1.29, 1.82) is 0 Å². The molecule has 0 radical (unpaired) electrons. The fourth-order valence-corrected chi connectivity index (χ4v) is 2.50. The summed E-state index contributed by atoms with van der Waals surface area (Å²) in [7, 11) is 0. The largest absolute Gasteiger partial charge is 0.353 e. The van der Waals surface area contributed by atoms with Gasteiger partial charge in [-0.25, -0.2) is 0 Å². The van der Waals surface area contributed by atoms with Crippen molar-refractivity contribution in [2.45, 2.75) is 71.9 Å². The first-order valence-electron chi connectivity index (χ1n) is 6.94. The van der Waals surface area contributed by atoms with Crippen LogP contribution < -0.4 is 10.6 Å². The van der Waals surface area contributed by atoms with Gasteiger partial charge in [0.05, 0.1) is 0 Å². The topological polar surface area (TPSA) is 41.1 Å². The lowest BCUT2D eigenvalue weighted by Gasteiger charge is -2.27. The van der Waals surface area contributed by atoms with E-state index in [1.807, 2.05) is 0 Å². The van der Waals surface area contributed by atoms with E-state index in [4.69, 9.17) is 0 Å². The molecule has 0 bridgehead atoms. The molecule has 1 atom stereocenters. The summed E-state index contributed by atoms with van der Waals surface area (Å²) in [5, 5.41) is 6.52. The standard InChI is InChI=1S/C14H28N2O/c1-11(2)15-10-6-8-13(17)16-12-7-5-9-14(12,3)4/h11-12,15H,5-10H2,1-4H3,(H,16,17). The summed E-state index contributed by atoms with van der Waals surface area (Å²) in [5.74, 6) is 0.218. The van der Waals surface area contributed by atoms with Crippen molar-refractivity contribution in [3.05, 3.63) is 0 Å². The van der Waals surface area contributed by atoms with Crippen LogP contribution in [0.2, 0.25) is 0 Å². The molecule has 1 saturated carbocycles. The van der Waals surface area contributed by atoms with Gasteiger partial charge in [-0.2, -0.15) is 0 Å². The Morgan fingerprint density at radius 1 is 1.41 bits per heavy atom. The van der Waals surface area contributed by atoms with Gasteiger partial charge in [-0.3, -0.25) is 4.79 Å². The second kappa shape index (κ2) is 6.39. The smallest absolute Gasteiger partial charge is 0.220 e. The Morgan fingerprint density at radius 3 is 2.65 bits per heavy atom. The third kappa shape index (κ3) is 5.07. The normalized spacial score (nSPS) is 23.0. The van der Waals surface area contributed by atoms with Crippen LogP contribution >= 0.6 is 0 Å². The maximum absolute atomic E-state index is 11.8. The maximum Gasteiger partial charge on any atom is 0.220 e. The van der Waals surface area contributed by atoms with Crippen molar-refractivity contribution >= 4 is 5.91 Å². The Hall–Kier alpha value is -0.570. The maximum atomic E-state index is 11.8. The molecule has 0 saturated heterocycles. The molecule has 1 unspecified atom stereocenters. The SMILES string of the molecule is CC(C)NCCCC(=O)NC1CCCC1(C)C. The molecule has 3 heteroatoms. The van der Waals surface area contributed by atoms with Crippen molar-refractivity contribution in [1.82, 2.24) is 10.6 Å². The van der Waals surface area contributed by atoms with Gasteiger partial charge in [0.15, 0.2) is 0 Å². The van der Waals surface area contributed by atoms with E-state index in [0.717, 1.165) is 19.4 Å². The summed E-state index contributed by atoms with van der Waals surface area (Å²) < 4.78 is 0. The van der Waals surface area contributed by atoms with Crippen LogP contribution in [0.1, 0.15) is 59.8 Å². The van der Waals surface area contributed by atoms with Gasteiger partial charge >= 0.3 is 0 Å². The number of hydrogen-bond donors (Lipinski definition) is 2. The summed E-state index contributed by atoms with van der Waals surface area (Å²) in [4.78, 5) is 11.8. The van der Waals surface area contributed by atoms with Crippen molar-refractivity contribution in [3.63, 3.8) is 0 Å². The zero-order chi connectivity index (χ0) is 12.9. The molecule has 1 fully saturated rings. The van der Waals surface area contributed by atoms with Crippen LogP contribution in [0.4, 0.5) is 0 Å². The minimum atomic E-state index is 0.218. The Kier molecular flexibility index (Phi) is 5.44. The number of hydrogen-bond acceptors (Lipinski definition) is 2. The van der Waals surface area contributed by atoms with E-state index < -0.39 is 0 Å². The molecule has 0 spiro atoms. The van der Waals surface area contributed by atoms with Crippen molar-refractivity contribution in [3.8, 4) is 0 Å². The summed E-state index contributed by atoms with van der Waals surface area (Å²) in [6.45, 7) is 9.69. The average Bonchev–Trinajstić information content (AvgIpc) is 2.53. The number of carbonyl (C=O) groups excluding carboxylic acids is 1. The van der Waals surface area contributed by atoms with Gasteiger partial charge < -0.3 is 10.6 Å². The molecule has 0 aromatic heterocycles. The highest BCUT2D eigenvalue weighted by atomic mass is 16.1. The minimum absolute atomic E-state index is 0.218. The fraction of sp³-hybridized carbons (Fsp3) is 0.929. The number of nitrogens with one attached hydrogen (secondary N) is 2. The Bertz CT molecular complexity index is 249. The molecular formula is C14H28N2O. The highest BCUT2D eigenvalue weighted by Crippen LogP contribution is 2.37. The van der Waals surface area contributed by atoms with E-state index in [-0.39, 0.29) is 11.3 Å². The number of rotatable bonds is 6. The van der Waals surface area contributed by atoms with E-state index in [1.54, 1.807) is 0 Å². The molecule has 3 nitrogen and oxygen atoms in total. The molecule has 0 aliphatic heterocycles. The number of carbonyl (C=O) groups is 1. The van der Waals surface area contributed by atoms with Crippen LogP contribution in [-0.4, -0.2) is 24.5 Å². The third-order valence-corrected chi connectivity index (χ3v) is 3.73. The van der Waals surface area contributed by atoms with Gasteiger partial charge in [0.25, 0.3) is 0 Å². The predicted molar refractivity (Wildman–Crippen MR) is 71.9 cm³/mol. The van der Waals surface area contributed by atoms with E-state index >= 15 is 0 Å². The van der Waals surface area contributed by atoms with E-state index in [9.17, 15) is 4.79 Å². The first kappa shape index (κ1) is 14.5. The van der Waals surface area contributed by atoms with Gasteiger partial charge in [0, 0.05) is 18.5 Å². The van der Waals surface area contributed by atoms with Crippen LogP contribution in [-0.2, 0) is 4.79 Å². The summed E-state index contributed by atoms with van der Waals surface area (Å²) in [5.41, 5.74) is 0.284. The molecule has 1 aliphatic carbocycles. The number of amides is 1. The lowest BCUT2D eigenvalue weighted by atomic mass is 9.87. The molecular weight excluding hydrogens is 212 g/mol. The van der Waals surface area contributed by atoms with E-state index in [2.05, 4.69) is 38.3 Å². The first-order valence-corrected chi connectivity index (χ1v) is 6.94. The lowest BCUT2D eigenvalue weighted by molar-refractivity contribution is -0.122. The van der Waals surface area contributed by atoms with E-state index in [1.165, 1.54) is 12.8 Å². The van der Waals surface area contributed by atoms with Gasteiger partial charge in [-0.1, -0.05) is 34.1 Å². The van der Waals surface area contributed by atoms with Crippen molar-refractivity contribution in [2.75, 3.05) is 6.54 Å². The predicted octanol–water partition coefficient (Wildman–Crippen LogP) is 2.46. The van der Waals surface area contributed by atoms with Crippen molar-refractivity contribution < 1.29 is 4.79 Å². The molecule has 1 aliphatic rings. The molecule has 0 heterocycles. The van der Waals surface area contributed by atoms with Gasteiger partial charge in [0.1, 0.15) is 0 Å². The van der Waals surface area contributed by atoms with Crippen LogP contribution in [0.25, 0.3) is 0 Å². The molecule has 0 aromatic rings.